The van der Waals surface area contributed by atoms with Crippen molar-refractivity contribution >= 4 is 11.3 Å². The second kappa shape index (κ2) is 5.85. The lowest BCUT2D eigenvalue weighted by Gasteiger charge is -2.28. The molecule has 0 fully saturated rings. The Morgan fingerprint density at radius 1 is 1.42 bits per heavy atom. The summed E-state index contributed by atoms with van der Waals surface area (Å²) in [6.07, 6.45) is 6.68. The van der Waals surface area contributed by atoms with Gasteiger partial charge in [0.2, 0.25) is 0 Å². The molecule has 2 atom stereocenters. The van der Waals surface area contributed by atoms with Crippen LogP contribution in [0.3, 0.4) is 0 Å². The van der Waals surface area contributed by atoms with E-state index in [4.69, 9.17) is 0 Å². The van der Waals surface area contributed by atoms with Crippen LogP contribution in [0.2, 0.25) is 0 Å². The molecule has 1 N–H and O–H groups in total. The van der Waals surface area contributed by atoms with Crippen LogP contribution >= 0.6 is 11.3 Å². The zero-order valence-electron chi connectivity index (χ0n) is 11.3. The molecule has 2 nitrogen and oxygen atoms in total. The molecule has 19 heavy (non-hydrogen) atoms. The van der Waals surface area contributed by atoms with Crippen molar-refractivity contribution < 1.29 is 0 Å². The summed E-state index contributed by atoms with van der Waals surface area (Å²) in [5.41, 5.74) is 2.70. The van der Waals surface area contributed by atoms with Gasteiger partial charge in [-0.3, -0.25) is 4.98 Å². The van der Waals surface area contributed by atoms with E-state index in [9.17, 15) is 0 Å². The number of hydrogen-bond acceptors (Lipinski definition) is 3. The summed E-state index contributed by atoms with van der Waals surface area (Å²) in [6, 6.07) is 9.55. The minimum absolute atomic E-state index is 0.430. The van der Waals surface area contributed by atoms with Crippen LogP contribution < -0.4 is 5.32 Å². The van der Waals surface area contributed by atoms with Gasteiger partial charge in [-0.05, 0) is 55.7 Å². The van der Waals surface area contributed by atoms with Gasteiger partial charge in [0.1, 0.15) is 0 Å². The molecule has 0 saturated carbocycles. The van der Waals surface area contributed by atoms with E-state index in [-0.39, 0.29) is 0 Å². The molecule has 2 aromatic rings. The van der Waals surface area contributed by atoms with Crippen molar-refractivity contribution in [1.82, 2.24) is 10.3 Å². The zero-order valence-corrected chi connectivity index (χ0v) is 12.1. The van der Waals surface area contributed by atoms with Crippen LogP contribution in [-0.4, -0.2) is 11.0 Å². The molecular weight excluding hydrogens is 252 g/mol. The predicted molar refractivity (Wildman–Crippen MR) is 80.5 cm³/mol. The molecule has 2 heterocycles. The number of nitrogens with zero attached hydrogens (tertiary/aromatic N) is 1. The Morgan fingerprint density at radius 3 is 3.21 bits per heavy atom. The number of hydrogen-bond donors (Lipinski definition) is 1. The summed E-state index contributed by atoms with van der Waals surface area (Å²) in [5.74, 6) is 0. The first-order valence-electron chi connectivity index (χ1n) is 7.05. The van der Waals surface area contributed by atoms with E-state index < -0.39 is 0 Å². The van der Waals surface area contributed by atoms with E-state index in [1.807, 2.05) is 17.5 Å². The monoisotopic (exact) mass is 272 g/mol. The third kappa shape index (κ3) is 3.04. The van der Waals surface area contributed by atoms with Gasteiger partial charge in [0, 0.05) is 23.2 Å². The van der Waals surface area contributed by atoms with Crippen LogP contribution in [0.4, 0.5) is 0 Å². The lowest BCUT2D eigenvalue weighted by Crippen LogP contribution is -2.34. The average Bonchev–Trinajstić information content (AvgIpc) is 2.92. The van der Waals surface area contributed by atoms with Crippen molar-refractivity contribution in [2.75, 3.05) is 0 Å². The van der Waals surface area contributed by atoms with E-state index in [2.05, 4.69) is 46.9 Å². The average molecular weight is 272 g/mol. The van der Waals surface area contributed by atoms with Gasteiger partial charge in [0.15, 0.2) is 0 Å². The molecule has 0 aliphatic heterocycles. The molecule has 0 bridgehead atoms. The SMILES string of the molecule is CC(Cc1cccs1)NC1CCCc2cccnc21. The fourth-order valence-electron chi connectivity index (χ4n) is 2.90. The summed E-state index contributed by atoms with van der Waals surface area (Å²) in [7, 11) is 0. The third-order valence-corrected chi connectivity index (χ3v) is 4.67. The molecule has 3 rings (SSSR count). The van der Waals surface area contributed by atoms with Crippen LogP contribution in [-0.2, 0) is 12.8 Å². The Hall–Kier alpha value is -1.19. The van der Waals surface area contributed by atoms with Gasteiger partial charge < -0.3 is 5.32 Å². The van der Waals surface area contributed by atoms with Gasteiger partial charge in [-0.15, -0.1) is 11.3 Å². The number of rotatable bonds is 4. The number of pyridine rings is 1. The number of aryl methyl sites for hydroxylation is 1. The van der Waals surface area contributed by atoms with Gasteiger partial charge in [-0.25, -0.2) is 0 Å². The maximum Gasteiger partial charge on any atom is 0.0605 e. The summed E-state index contributed by atoms with van der Waals surface area (Å²) >= 11 is 1.84. The molecule has 0 amide bonds. The van der Waals surface area contributed by atoms with E-state index >= 15 is 0 Å². The largest absolute Gasteiger partial charge is 0.306 e. The molecule has 2 aromatic heterocycles. The Morgan fingerprint density at radius 2 is 2.37 bits per heavy atom. The smallest absolute Gasteiger partial charge is 0.0605 e. The van der Waals surface area contributed by atoms with Crippen LogP contribution in [0.25, 0.3) is 0 Å². The molecule has 1 aliphatic rings. The molecule has 0 spiro atoms. The fraction of sp³-hybridized carbons (Fsp3) is 0.438. The molecule has 0 aromatic carbocycles. The lowest BCUT2D eigenvalue weighted by atomic mass is 9.91. The highest BCUT2D eigenvalue weighted by Gasteiger charge is 2.22. The number of thiophene rings is 1. The van der Waals surface area contributed by atoms with Gasteiger partial charge in [0.05, 0.1) is 5.69 Å². The summed E-state index contributed by atoms with van der Waals surface area (Å²) in [4.78, 5) is 6.05. The first-order chi connectivity index (χ1) is 9.33. The normalized spacial score (nSPS) is 19.9. The Bertz CT molecular complexity index is 521. The van der Waals surface area contributed by atoms with Crippen molar-refractivity contribution in [3.63, 3.8) is 0 Å². The number of aromatic nitrogens is 1. The highest BCUT2D eigenvalue weighted by atomic mass is 32.1. The summed E-state index contributed by atoms with van der Waals surface area (Å²) in [6.45, 7) is 2.27. The van der Waals surface area contributed by atoms with Gasteiger partial charge in [-0.1, -0.05) is 12.1 Å². The maximum absolute atomic E-state index is 4.59. The minimum atomic E-state index is 0.430. The van der Waals surface area contributed by atoms with Crippen molar-refractivity contribution in [1.29, 1.82) is 0 Å². The number of nitrogens with one attached hydrogen (secondary N) is 1. The van der Waals surface area contributed by atoms with Crippen molar-refractivity contribution in [2.45, 2.75) is 44.7 Å². The van der Waals surface area contributed by atoms with Gasteiger partial charge >= 0.3 is 0 Å². The van der Waals surface area contributed by atoms with E-state index in [1.165, 1.54) is 35.4 Å². The molecule has 2 unspecified atom stereocenters. The minimum Gasteiger partial charge on any atom is -0.306 e. The third-order valence-electron chi connectivity index (χ3n) is 3.77. The lowest BCUT2D eigenvalue weighted by molar-refractivity contribution is 0.399. The van der Waals surface area contributed by atoms with E-state index in [1.54, 1.807) is 0 Å². The predicted octanol–water partition coefficient (Wildman–Crippen LogP) is 3.74. The van der Waals surface area contributed by atoms with Crippen LogP contribution in [0.5, 0.6) is 0 Å². The quantitative estimate of drug-likeness (QED) is 0.917. The van der Waals surface area contributed by atoms with Crippen molar-refractivity contribution in [2.24, 2.45) is 0 Å². The highest BCUT2D eigenvalue weighted by Crippen LogP contribution is 2.28. The standard InChI is InChI=1S/C16H20N2S/c1-12(11-14-7-4-10-19-14)18-15-8-2-5-13-6-3-9-17-16(13)15/h3-4,6-7,9-10,12,15,18H,2,5,8,11H2,1H3. The Labute approximate surface area is 118 Å². The van der Waals surface area contributed by atoms with E-state index in [0.717, 1.165) is 6.42 Å². The second-order valence-corrected chi connectivity index (χ2v) is 6.38. The van der Waals surface area contributed by atoms with Crippen molar-refractivity contribution in [3.8, 4) is 0 Å². The Kier molecular flexibility index (Phi) is 3.95. The first kappa shape index (κ1) is 12.8. The molecular formula is C16H20N2S. The fourth-order valence-corrected chi connectivity index (χ4v) is 3.74. The van der Waals surface area contributed by atoms with Crippen molar-refractivity contribution in [3.05, 3.63) is 52.0 Å². The van der Waals surface area contributed by atoms with Crippen LogP contribution in [0, 0.1) is 0 Å². The van der Waals surface area contributed by atoms with E-state index in [0.29, 0.717) is 12.1 Å². The van der Waals surface area contributed by atoms with Gasteiger partial charge in [-0.2, -0.15) is 0 Å². The molecule has 3 heteroatoms. The summed E-state index contributed by atoms with van der Waals surface area (Å²) < 4.78 is 0. The zero-order chi connectivity index (χ0) is 13.1. The molecule has 100 valence electrons. The molecule has 1 aliphatic carbocycles. The molecule has 0 radical (unpaired) electrons. The highest BCUT2D eigenvalue weighted by molar-refractivity contribution is 7.09. The molecule has 0 saturated heterocycles. The number of fused-ring (bicyclic) bond motifs is 1. The maximum atomic E-state index is 4.59. The first-order valence-corrected chi connectivity index (χ1v) is 7.93. The second-order valence-electron chi connectivity index (χ2n) is 5.34. The topological polar surface area (TPSA) is 24.9 Å². The van der Waals surface area contributed by atoms with Gasteiger partial charge in [0.25, 0.3) is 0 Å². The van der Waals surface area contributed by atoms with Crippen LogP contribution in [0.1, 0.15) is 41.9 Å². The van der Waals surface area contributed by atoms with Crippen LogP contribution in [0.15, 0.2) is 35.8 Å². The Balaban J connectivity index is 1.67. The summed E-state index contributed by atoms with van der Waals surface area (Å²) in [5, 5.41) is 5.91.